The van der Waals surface area contributed by atoms with E-state index in [4.69, 9.17) is 11.6 Å². The number of rotatable bonds is 3. The van der Waals surface area contributed by atoms with Crippen LogP contribution >= 0.6 is 34.2 Å². The molecule has 0 bridgehead atoms. The number of nitro benzene ring substituents is 1. The summed E-state index contributed by atoms with van der Waals surface area (Å²) in [5.74, 6) is -0.365. The minimum atomic E-state index is -0.555. The maximum Gasteiger partial charge on any atom is 0.311 e. The molecule has 0 unspecified atom stereocenters. The maximum absolute atomic E-state index is 13.0. The minimum Gasteiger partial charge on any atom is -0.349 e. The summed E-state index contributed by atoms with van der Waals surface area (Å²) in [5.41, 5.74) is 0.638. The Morgan fingerprint density at radius 3 is 2.63 bits per heavy atom. The van der Waals surface area contributed by atoms with Gasteiger partial charge in [0, 0.05) is 3.57 Å². The highest BCUT2D eigenvalue weighted by Gasteiger charge is 2.18. The molecule has 0 amide bonds. The van der Waals surface area contributed by atoms with Gasteiger partial charge in [0.25, 0.3) is 0 Å². The SMILES string of the molecule is O=[N+]([O-])c1c(Cl)cccc1Nc1ccc(F)cc1I. The molecule has 0 atom stereocenters. The Kier molecular flexibility index (Phi) is 4.20. The number of nitrogens with zero attached hydrogens (tertiary/aromatic N) is 1. The number of anilines is 2. The van der Waals surface area contributed by atoms with Crippen LogP contribution in [0.15, 0.2) is 36.4 Å². The number of nitro groups is 1. The highest BCUT2D eigenvalue weighted by molar-refractivity contribution is 14.1. The fourth-order valence-corrected chi connectivity index (χ4v) is 2.39. The smallest absolute Gasteiger partial charge is 0.311 e. The van der Waals surface area contributed by atoms with E-state index in [1.165, 1.54) is 24.3 Å². The second-order valence-electron chi connectivity index (χ2n) is 3.64. The van der Waals surface area contributed by atoms with Crippen molar-refractivity contribution in [3.63, 3.8) is 0 Å². The molecule has 0 aliphatic rings. The van der Waals surface area contributed by atoms with Crippen molar-refractivity contribution >= 4 is 51.3 Å². The van der Waals surface area contributed by atoms with E-state index in [1.54, 1.807) is 12.1 Å². The van der Waals surface area contributed by atoms with Crippen molar-refractivity contribution in [3.8, 4) is 0 Å². The summed E-state index contributed by atoms with van der Waals surface area (Å²) in [6, 6.07) is 8.72. The molecule has 98 valence electrons. The molecule has 0 aliphatic heterocycles. The average molecular weight is 393 g/mol. The van der Waals surface area contributed by atoms with Crippen molar-refractivity contribution in [2.45, 2.75) is 0 Å². The lowest BCUT2D eigenvalue weighted by atomic mass is 10.2. The van der Waals surface area contributed by atoms with E-state index < -0.39 is 4.92 Å². The van der Waals surface area contributed by atoms with Gasteiger partial charge < -0.3 is 5.32 Å². The minimum absolute atomic E-state index is 0.0483. The first kappa shape index (κ1) is 14.0. The van der Waals surface area contributed by atoms with Crippen molar-refractivity contribution in [3.05, 3.63) is 60.9 Å². The third kappa shape index (κ3) is 3.13. The van der Waals surface area contributed by atoms with Crippen LogP contribution in [0.4, 0.5) is 21.5 Å². The highest BCUT2D eigenvalue weighted by atomic mass is 127. The third-order valence-electron chi connectivity index (χ3n) is 2.37. The van der Waals surface area contributed by atoms with Crippen LogP contribution in [-0.4, -0.2) is 4.92 Å². The van der Waals surface area contributed by atoms with Gasteiger partial charge in [0.1, 0.15) is 16.5 Å². The van der Waals surface area contributed by atoms with Gasteiger partial charge in [-0.25, -0.2) is 4.39 Å². The zero-order valence-corrected chi connectivity index (χ0v) is 12.3. The predicted octanol–water partition coefficient (Wildman–Crippen LogP) is 4.74. The van der Waals surface area contributed by atoms with Crippen LogP contribution in [0, 0.1) is 19.5 Å². The van der Waals surface area contributed by atoms with Crippen molar-refractivity contribution in [1.82, 2.24) is 0 Å². The predicted molar refractivity (Wildman–Crippen MR) is 80.5 cm³/mol. The Morgan fingerprint density at radius 1 is 1.26 bits per heavy atom. The molecule has 0 heterocycles. The Bertz CT molecular complexity index is 652. The molecule has 0 saturated carbocycles. The van der Waals surface area contributed by atoms with Crippen molar-refractivity contribution in [1.29, 1.82) is 0 Å². The summed E-state index contributed by atoms with van der Waals surface area (Å²) in [4.78, 5) is 10.4. The first-order valence-electron chi connectivity index (χ1n) is 5.14. The van der Waals surface area contributed by atoms with Gasteiger partial charge in [-0.15, -0.1) is 0 Å². The van der Waals surface area contributed by atoms with Crippen LogP contribution in [-0.2, 0) is 0 Å². The molecule has 0 spiro atoms. The summed E-state index contributed by atoms with van der Waals surface area (Å²) in [5, 5.41) is 13.9. The first-order chi connectivity index (χ1) is 8.99. The topological polar surface area (TPSA) is 55.2 Å². The fourth-order valence-electron chi connectivity index (χ4n) is 1.54. The summed E-state index contributed by atoms with van der Waals surface area (Å²) < 4.78 is 13.6. The Labute approximate surface area is 126 Å². The molecule has 1 N–H and O–H groups in total. The molecule has 19 heavy (non-hydrogen) atoms. The van der Waals surface area contributed by atoms with E-state index in [9.17, 15) is 14.5 Å². The molecule has 0 aromatic heterocycles. The standard InChI is InChI=1S/C12H7ClFIN2O2/c13-8-2-1-3-11(12(8)17(18)19)16-10-5-4-7(14)6-9(10)15/h1-6,16H. The molecule has 0 fully saturated rings. The van der Waals surface area contributed by atoms with Gasteiger partial charge in [-0.05, 0) is 52.9 Å². The monoisotopic (exact) mass is 392 g/mol. The highest BCUT2D eigenvalue weighted by Crippen LogP contribution is 2.35. The summed E-state index contributed by atoms with van der Waals surface area (Å²) in [6.45, 7) is 0. The second kappa shape index (κ2) is 5.70. The third-order valence-corrected chi connectivity index (χ3v) is 3.57. The number of para-hydroxylation sites is 1. The normalized spacial score (nSPS) is 10.3. The van der Waals surface area contributed by atoms with Crippen molar-refractivity contribution in [2.24, 2.45) is 0 Å². The van der Waals surface area contributed by atoms with Crippen LogP contribution in [0.25, 0.3) is 0 Å². The van der Waals surface area contributed by atoms with Crippen molar-refractivity contribution in [2.75, 3.05) is 5.32 Å². The van der Waals surface area contributed by atoms with Crippen molar-refractivity contribution < 1.29 is 9.31 Å². The first-order valence-corrected chi connectivity index (χ1v) is 6.59. The zero-order chi connectivity index (χ0) is 14.0. The molecule has 0 aliphatic carbocycles. The molecule has 2 aromatic carbocycles. The number of benzene rings is 2. The molecule has 7 heteroatoms. The van der Waals surface area contributed by atoms with Crippen LogP contribution in [0.3, 0.4) is 0 Å². The lowest BCUT2D eigenvalue weighted by Gasteiger charge is -2.09. The summed E-state index contributed by atoms with van der Waals surface area (Å²) in [6.07, 6.45) is 0. The van der Waals surface area contributed by atoms with E-state index in [2.05, 4.69) is 5.32 Å². The van der Waals surface area contributed by atoms with Gasteiger partial charge in [-0.3, -0.25) is 10.1 Å². The van der Waals surface area contributed by atoms with E-state index in [0.29, 0.717) is 9.26 Å². The maximum atomic E-state index is 13.0. The summed E-state index contributed by atoms with van der Waals surface area (Å²) >= 11 is 7.76. The van der Waals surface area contributed by atoms with Crippen LogP contribution in [0.5, 0.6) is 0 Å². The number of hydrogen-bond donors (Lipinski definition) is 1. The van der Waals surface area contributed by atoms with E-state index in [-0.39, 0.29) is 22.2 Å². The Hall–Kier alpha value is -1.41. The van der Waals surface area contributed by atoms with Gasteiger partial charge in [0.05, 0.1) is 10.6 Å². The van der Waals surface area contributed by atoms with E-state index in [0.717, 1.165) is 0 Å². The average Bonchev–Trinajstić information content (AvgIpc) is 2.32. The Balaban J connectivity index is 2.44. The van der Waals surface area contributed by atoms with Crippen LogP contribution in [0.1, 0.15) is 0 Å². The molecule has 0 saturated heterocycles. The zero-order valence-electron chi connectivity index (χ0n) is 9.36. The lowest BCUT2D eigenvalue weighted by molar-refractivity contribution is -0.383. The number of nitrogens with one attached hydrogen (secondary N) is 1. The molecular formula is C12H7ClFIN2O2. The number of halogens is 3. The second-order valence-corrected chi connectivity index (χ2v) is 5.21. The summed E-state index contributed by atoms with van der Waals surface area (Å²) in [7, 11) is 0. The number of hydrogen-bond acceptors (Lipinski definition) is 3. The molecule has 0 radical (unpaired) electrons. The lowest BCUT2D eigenvalue weighted by Crippen LogP contribution is -1.99. The molecule has 4 nitrogen and oxygen atoms in total. The molecule has 2 aromatic rings. The molecular weight excluding hydrogens is 385 g/mol. The largest absolute Gasteiger partial charge is 0.349 e. The van der Waals surface area contributed by atoms with Gasteiger partial charge in [-0.1, -0.05) is 17.7 Å². The van der Waals surface area contributed by atoms with Gasteiger partial charge in [-0.2, -0.15) is 0 Å². The van der Waals surface area contributed by atoms with Gasteiger partial charge in [0.15, 0.2) is 0 Å². The van der Waals surface area contributed by atoms with E-state index in [1.807, 2.05) is 22.6 Å². The quantitative estimate of drug-likeness (QED) is 0.466. The van der Waals surface area contributed by atoms with Crippen LogP contribution < -0.4 is 5.32 Å². The molecule has 2 rings (SSSR count). The van der Waals surface area contributed by atoms with Crippen LogP contribution in [0.2, 0.25) is 5.02 Å². The fraction of sp³-hybridized carbons (Fsp3) is 0. The Morgan fingerprint density at radius 2 is 2.00 bits per heavy atom. The van der Waals surface area contributed by atoms with E-state index >= 15 is 0 Å². The van der Waals surface area contributed by atoms with Gasteiger partial charge >= 0.3 is 5.69 Å². The van der Waals surface area contributed by atoms with Gasteiger partial charge in [0.2, 0.25) is 0 Å².